The molecule has 0 bridgehead atoms. The van der Waals surface area contributed by atoms with Gasteiger partial charge in [-0.15, -0.1) is 0 Å². The van der Waals surface area contributed by atoms with Gasteiger partial charge < -0.3 is 49.4 Å². The summed E-state index contributed by atoms with van der Waals surface area (Å²) in [5.74, 6) is 1.54. The minimum absolute atomic E-state index is 0.246. The zero-order valence-electron chi connectivity index (χ0n) is 35.4. The van der Waals surface area contributed by atoms with E-state index in [1.807, 2.05) is 0 Å². The molecule has 2 aromatic rings. The summed E-state index contributed by atoms with van der Waals surface area (Å²) in [5, 5.41) is 33.2. The van der Waals surface area contributed by atoms with Crippen LogP contribution in [0.2, 0.25) is 0 Å². The van der Waals surface area contributed by atoms with Gasteiger partial charge >= 0.3 is 17.2 Å². The third-order valence-electron chi connectivity index (χ3n) is 9.91. The number of hydrogen-bond donors (Lipinski definition) is 9. The van der Waals surface area contributed by atoms with E-state index >= 15 is 0 Å². The minimum Gasteiger partial charge on any atom is -0.484 e. The second-order valence-corrected chi connectivity index (χ2v) is 19.5. The van der Waals surface area contributed by atoms with Crippen molar-refractivity contribution in [2.75, 3.05) is 19.8 Å². The van der Waals surface area contributed by atoms with Crippen molar-refractivity contribution in [3.05, 3.63) is 63.2 Å². The van der Waals surface area contributed by atoms with Crippen molar-refractivity contribution in [3.63, 3.8) is 0 Å². The van der Waals surface area contributed by atoms with Gasteiger partial charge in [0.2, 0.25) is 0 Å². The summed E-state index contributed by atoms with van der Waals surface area (Å²) in [6.07, 6.45) is 1.24. The third kappa shape index (κ3) is 15.0. The molecular weight excluding hydrogens is 714 g/mol. The lowest BCUT2D eigenvalue weighted by atomic mass is 9.68. The zero-order chi connectivity index (χ0) is 42.1. The molecule has 2 rings (SSSR count). The Morgan fingerprint density at radius 1 is 0.509 bits per heavy atom. The lowest BCUT2D eigenvalue weighted by Gasteiger charge is -2.44. The zero-order valence-corrected chi connectivity index (χ0v) is 37.2. The summed E-state index contributed by atoms with van der Waals surface area (Å²) in [5.41, 5.74) is 5.61. The van der Waals surface area contributed by atoms with Gasteiger partial charge in [0.15, 0.2) is 0 Å². The van der Waals surface area contributed by atoms with Gasteiger partial charge in [-0.25, -0.2) is 0 Å². The van der Waals surface area contributed by atoms with Crippen LogP contribution in [0.5, 0.6) is 5.75 Å². The highest BCUT2D eigenvalue weighted by molar-refractivity contribution is 7.38. The maximum absolute atomic E-state index is 11.1. The van der Waals surface area contributed by atoms with Gasteiger partial charge in [-0.1, -0.05) is 135 Å². The van der Waals surface area contributed by atoms with Crippen molar-refractivity contribution in [2.24, 2.45) is 5.41 Å². The number of aliphatic hydroxyl groups is 3. The molecule has 10 nitrogen and oxygen atoms in total. The molecule has 0 heterocycles. The Balaban J connectivity index is 0.00000305. The SMILES string of the molecule is CCC(C)c1cc(C(C)(C)C)c(OC(c2c(C(C)(C)C)cc(C(C)CC)cc2C(C)(C)C)C(CO)(CO)CO)c(C(C)(C)C)c1.OP(O)O.OP(O)O. The van der Waals surface area contributed by atoms with Crippen LogP contribution in [0.1, 0.15) is 181 Å². The standard InChI is InChI=1S/C41H68O4.2H3O3P/c1-17-26(3)28-19-30(37(5,6)7)34(31(20-28)38(8,9)10)36(41(23-42,24-43)25-44)45-35-32(39(11,12)13)21-29(27(4)18-2)22-33(35)40(14,15)16;2*1-4(2)3/h19-22,26-27,36,42-44H,17-18,23-25H2,1-16H3;2*1-3H. The smallest absolute Gasteiger partial charge is 0.324 e. The van der Waals surface area contributed by atoms with Crippen molar-refractivity contribution in [1.82, 2.24) is 0 Å². The van der Waals surface area contributed by atoms with Gasteiger partial charge in [-0.05, 0) is 68.6 Å². The van der Waals surface area contributed by atoms with Crippen LogP contribution in [0.3, 0.4) is 0 Å². The molecule has 0 radical (unpaired) electrons. The van der Waals surface area contributed by atoms with E-state index in [1.54, 1.807) is 0 Å². The van der Waals surface area contributed by atoms with Crippen molar-refractivity contribution in [2.45, 2.75) is 163 Å². The van der Waals surface area contributed by atoms with Gasteiger partial charge in [0.25, 0.3) is 0 Å². The molecule has 3 atom stereocenters. The van der Waals surface area contributed by atoms with Crippen LogP contribution >= 0.6 is 17.2 Å². The summed E-state index contributed by atoms with van der Waals surface area (Å²) >= 11 is 0. The molecule has 12 heteroatoms. The molecule has 0 saturated heterocycles. The fraction of sp³-hybridized carbons (Fsp3) is 0.707. The second-order valence-electron chi connectivity index (χ2n) is 18.5. The number of benzene rings is 2. The highest BCUT2D eigenvalue weighted by Crippen LogP contribution is 2.51. The maximum atomic E-state index is 11.1. The van der Waals surface area contributed by atoms with E-state index in [2.05, 4.69) is 135 Å². The van der Waals surface area contributed by atoms with E-state index in [4.69, 9.17) is 34.1 Å². The molecule has 308 valence electrons. The first-order valence-corrected chi connectivity index (χ1v) is 20.9. The van der Waals surface area contributed by atoms with Crippen LogP contribution in [-0.2, 0) is 21.7 Å². The first kappa shape index (κ1) is 51.7. The lowest BCUT2D eigenvalue weighted by molar-refractivity contribution is -0.0761. The van der Waals surface area contributed by atoms with Gasteiger partial charge in [-0.2, -0.15) is 0 Å². The summed E-state index contributed by atoms with van der Waals surface area (Å²) in [6, 6.07) is 9.23. The predicted molar refractivity (Wildman–Crippen MR) is 219 cm³/mol. The fourth-order valence-electron chi connectivity index (χ4n) is 6.14. The van der Waals surface area contributed by atoms with Crippen LogP contribution in [-0.4, -0.2) is 64.5 Å². The Labute approximate surface area is 323 Å². The molecule has 9 N–H and O–H groups in total. The number of hydrogen-bond acceptors (Lipinski definition) is 10. The van der Waals surface area contributed by atoms with Gasteiger partial charge in [0.1, 0.15) is 11.9 Å². The third-order valence-corrected chi connectivity index (χ3v) is 9.91. The summed E-state index contributed by atoms with van der Waals surface area (Å²) < 4.78 is 7.44. The van der Waals surface area contributed by atoms with Crippen LogP contribution in [0.25, 0.3) is 0 Å². The molecule has 0 amide bonds. The van der Waals surface area contributed by atoms with Gasteiger partial charge in [-0.3, -0.25) is 0 Å². The predicted octanol–water partition coefficient (Wildman–Crippen LogP) is 8.37. The second kappa shape index (κ2) is 20.8. The Kier molecular flexibility index (Phi) is 20.3. The van der Waals surface area contributed by atoms with Crippen molar-refractivity contribution in [3.8, 4) is 5.75 Å². The molecule has 0 aromatic heterocycles. The Hall–Kier alpha value is -1.26. The molecule has 2 aromatic carbocycles. The highest BCUT2D eigenvalue weighted by atomic mass is 31.2. The normalized spacial score (nSPS) is 14.6. The molecule has 0 aliphatic heterocycles. The molecular formula is C41H74O10P2. The van der Waals surface area contributed by atoms with Crippen LogP contribution in [0.15, 0.2) is 24.3 Å². The molecule has 0 fully saturated rings. The lowest BCUT2D eigenvalue weighted by Crippen LogP contribution is -2.45. The van der Waals surface area contributed by atoms with E-state index in [0.29, 0.717) is 11.8 Å². The van der Waals surface area contributed by atoms with Crippen LogP contribution in [0, 0.1) is 5.41 Å². The quantitative estimate of drug-likeness (QED) is 0.100. The van der Waals surface area contributed by atoms with E-state index in [-0.39, 0.29) is 21.7 Å². The van der Waals surface area contributed by atoms with Crippen molar-refractivity contribution in [1.29, 1.82) is 0 Å². The highest BCUT2D eigenvalue weighted by Gasteiger charge is 2.46. The Morgan fingerprint density at radius 2 is 0.755 bits per heavy atom. The topological polar surface area (TPSA) is 191 Å². The monoisotopic (exact) mass is 788 g/mol. The molecule has 0 aliphatic rings. The average Bonchev–Trinajstić information content (AvgIpc) is 3.01. The summed E-state index contributed by atoms with van der Waals surface area (Å²) in [7, 11) is -5.24. The fourth-order valence-corrected chi connectivity index (χ4v) is 6.14. The summed E-state index contributed by atoms with van der Waals surface area (Å²) in [4.78, 5) is 43.4. The largest absolute Gasteiger partial charge is 0.484 e. The molecule has 0 aliphatic carbocycles. The average molecular weight is 789 g/mol. The van der Waals surface area contributed by atoms with Crippen LogP contribution in [0.4, 0.5) is 0 Å². The van der Waals surface area contributed by atoms with Crippen molar-refractivity contribution >= 4 is 17.2 Å². The Bertz CT molecular complexity index is 1310. The molecule has 3 unspecified atom stereocenters. The van der Waals surface area contributed by atoms with E-state index < -0.39 is 48.5 Å². The Morgan fingerprint density at radius 3 is 0.962 bits per heavy atom. The molecule has 0 spiro atoms. The minimum atomic E-state index is -2.62. The first-order chi connectivity index (χ1) is 23.9. The maximum Gasteiger partial charge on any atom is 0.324 e. The molecule has 53 heavy (non-hydrogen) atoms. The van der Waals surface area contributed by atoms with E-state index in [0.717, 1.165) is 46.4 Å². The van der Waals surface area contributed by atoms with E-state index in [1.165, 1.54) is 11.1 Å². The number of rotatable bonds is 11. The first-order valence-electron chi connectivity index (χ1n) is 18.5. The van der Waals surface area contributed by atoms with Gasteiger partial charge in [0, 0.05) is 16.7 Å². The molecule has 0 saturated carbocycles. The van der Waals surface area contributed by atoms with E-state index in [9.17, 15) is 15.3 Å². The van der Waals surface area contributed by atoms with Gasteiger partial charge in [0.05, 0.1) is 25.2 Å². The summed E-state index contributed by atoms with van der Waals surface area (Å²) in [6.45, 7) is 34.3. The number of ether oxygens (including phenoxy) is 1. The van der Waals surface area contributed by atoms with Crippen molar-refractivity contribution < 1.29 is 49.4 Å². The number of aliphatic hydroxyl groups excluding tert-OH is 3. The van der Waals surface area contributed by atoms with Crippen LogP contribution < -0.4 is 4.74 Å².